The molecule has 20 heavy (non-hydrogen) atoms. The van der Waals surface area contributed by atoms with Crippen LogP contribution in [0.1, 0.15) is 39.5 Å². The lowest BCUT2D eigenvalue weighted by atomic mass is 9.85. The van der Waals surface area contributed by atoms with Gasteiger partial charge in [-0.25, -0.2) is 4.79 Å². The molecule has 0 radical (unpaired) electrons. The van der Waals surface area contributed by atoms with E-state index in [0.29, 0.717) is 30.9 Å². The summed E-state index contributed by atoms with van der Waals surface area (Å²) in [5.41, 5.74) is 4.09. The molecular formula is C16H28O3Si. The van der Waals surface area contributed by atoms with E-state index in [1.807, 2.05) is 0 Å². The zero-order valence-electron chi connectivity index (χ0n) is 13.5. The second kappa shape index (κ2) is 7.11. The Morgan fingerprint density at radius 3 is 2.65 bits per heavy atom. The van der Waals surface area contributed by atoms with E-state index in [2.05, 4.69) is 39.2 Å². The van der Waals surface area contributed by atoms with Crippen molar-refractivity contribution in [2.75, 3.05) is 6.61 Å². The van der Waals surface area contributed by atoms with Gasteiger partial charge in [-0.05, 0) is 12.3 Å². The van der Waals surface area contributed by atoms with E-state index < -0.39 is 8.07 Å². The summed E-state index contributed by atoms with van der Waals surface area (Å²) in [7, 11) is -1.32. The standard InChI is InChI=1S/C16H28O3Si/c1-6-7-8-19-16(18)14-10-13(11-20(3,4)5)12(2)9-15(14)17/h11-12,17H,6-10H2,1-5H3/b13-11-. The molecule has 0 bridgehead atoms. The Bertz CT molecular complexity index is 416. The van der Waals surface area contributed by atoms with Gasteiger partial charge in [-0.3, -0.25) is 0 Å². The van der Waals surface area contributed by atoms with Crippen molar-refractivity contribution in [1.29, 1.82) is 0 Å². The van der Waals surface area contributed by atoms with Crippen molar-refractivity contribution in [3.05, 3.63) is 22.6 Å². The van der Waals surface area contributed by atoms with Crippen LogP contribution in [0.15, 0.2) is 22.6 Å². The lowest BCUT2D eigenvalue weighted by Gasteiger charge is -2.26. The van der Waals surface area contributed by atoms with Crippen molar-refractivity contribution in [1.82, 2.24) is 0 Å². The van der Waals surface area contributed by atoms with Crippen molar-refractivity contribution in [3.63, 3.8) is 0 Å². The maximum atomic E-state index is 12.0. The maximum absolute atomic E-state index is 12.0. The lowest BCUT2D eigenvalue weighted by molar-refractivity contribution is -0.139. The second-order valence-corrected chi connectivity index (χ2v) is 11.8. The molecule has 0 saturated heterocycles. The molecule has 0 spiro atoms. The maximum Gasteiger partial charge on any atom is 0.337 e. The van der Waals surface area contributed by atoms with E-state index in [1.54, 1.807) is 0 Å². The first-order valence-electron chi connectivity index (χ1n) is 7.54. The molecule has 114 valence electrons. The van der Waals surface area contributed by atoms with Gasteiger partial charge in [0.1, 0.15) is 5.76 Å². The number of rotatable bonds is 5. The van der Waals surface area contributed by atoms with Crippen LogP contribution in [-0.2, 0) is 9.53 Å². The van der Waals surface area contributed by atoms with Crippen LogP contribution in [0.3, 0.4) is 0 Å². The molecule has 0 fully saturated rings. The van der Waals surface area contributed by atoms with Gasteiger partial charge in [-0.15, -0.1) is 0 Å². The fourth-order valence-electron chi connectivity index (χ4n) is 2.36. The van der Waals surface area contributed by atoms with Crippen LogP contribution in [0.4, 0.5) is 0 Å². The molecule has 1 rings (SSSR count). The van der Waals surface area contributed by atoms with E-state index >= 15 is 0 Å². The van der Waals surface area contributed by atoms with Gasteiger partial charge in [0.2, 0.25) is 0 Å². The number of carbonyl (C=O) groups excluding carboxylic acids is 1. The van der Waals surface area contributed by atoms with Gasteiger partial charge < -0.3 is 9.84 Å². The first kappa shape index (κ1) is 17.0. The van der Waals surface area contributed by atoms with Gasteiger partial charge in [0.05, 0.1) is 20.3 Å². The molecule has 0 aromatic heterocycles. The number of ether oxygens (including phenoxy) is 1. The summed E-state index contributed by atoms with van der Waals surface area (Å²) in [5, 5.41) is 10.0. The zero-order valence-corrected chi connectivity index (χ0v) is 14.5. The third-order valence-corrected chi connectivity index (χ3v) is 4.69. The molecule has 1 aliphatic rings. The molecule has 1 atom stereocenters. The van der Waals surface area contributed by atoms with Gasteiger partial charge in [0, 0.05) is 12.8 Å². The van der Waals surface area contributed by atoms with Crippen molar-refractivity contribution in [2.24, 2.45) is 5.92 Å². The summed E-state index contributed by atoms with van der Waals surface area (Å²) < 4.78 is 5.23. The Kier molecular flexibility index (Phi) is 6.05. The summed E-state index contributed by atoms with van der Waals surface area (Å²) in [5.74, 6) is 0.185. The Labute approximate surface area is 123 Å². The minimum absolute atomic E-state index is 0.215. The average Bonchev–Trinajstić information content (AvgIpc) is 2.31. The number of aliphatic hydroxyl groups excluding tert-OH is 1. The minimum Gasteiger partial charge on any atom is -0.512 e. The Hall–Kier alpha value is -1.03. The smallest absolute Gasteiger partial charge is 0.337 e. The van der Waals surface area contributed by atoms with Crippen LogP contribution < -0.4 is 0 Å². The van der Waals surface area contributed by atoms with E-state index in [4.69, 9.17) is 4.74 Å². The molecule has 1 aliphatic carbocycles. The third kappa shape index (κ3) is 5.16. The number of allylic oxidation sites excluding steroid dienone is 2. The van der Waals surface area contributed by atoms with Crippen LogP contribution in [0.5, 0.6) is 0 Å². The topological polar surface area (TPSA) is 46.5 Å². The van der Waals surface area contributed by atoms with Gasteiger partial charge in [-0.2, -0.15) is 0 Å². The minimum atomic E-state index is -1.32. The van der Waals surface area contributed by atoms with Crippen LogP contribution in [0.2, 0.25) is 19.6 Å². The van der Waals surface area contributed by atoms with Gasteiger partial charge in [-0.1, -0.05) is 51.2 Å². The molecule has 0 heterocycles. The fraction of sp³-hybridized carbons (Fsp3) is 0.688. The molecule has 1 N–H and O–H groups in total. The van der Waals surface area contributed by atoms with Crippen LogP contribution >= 0.6 is 0 Å². The predicted molar refractivity (Wildman–Crippen MR) is 85.3 cm³/mol. The van der Waals surface area contributed by atoms with E-state index in [9.17, 15) is 9.90 Å². The largest absolute Gasteiger partial charge is 0.512 e. The number of unbranched alkanes of at least 4 members (excludes halogenated alkanes) is 1. The van der Waals surface area contributed by atoms with Crippen molar-refractivity contribution >= 4 is 14.0 Å². The lowest BCUT2D eigenvalue weighted by Crippen LogP contribution is -2.23. The normalized spacial score (nSPS) is 22.2. The summed E-state index contributed by atoms with van der Waals surface area (Å²) in [6.45, 7) is 11.5. The summed E-state index contributed by atoms with van der Waals surface area (Å²) >= 11 is 0. The summed E-state index contributed by atoms with van der Waals surface area (Å²) in [6.07, 6.45) is 2.96. The highest BCUT2D eigenvalue weighted by molar-refractivity contribution is 6.81. The quantitative estimate of drug-likeness (QED) is 0.465. The molecule has 0 saturated carbocycles. The Morgan fingerprint density at radius 1 is 1.45 bits per heavy atom. The molecule has 4 heteroatoms. The molecule has 3 nitrogen and oxygen atoms in total. The number of esters is 1. The SMILES string of the molecule is CCCCOC(=O)C1=C(O)CC(C)/C(=C\[Si](C)(C)C)C1. The van der Waals surface area contributed by atoms with E-state index in [1.165, 1.54) is 5.57 Å². The Morgan fingerprint density at radius 2 is 2.10 bits per heavy atom. The van der Waals surface area contributed by atoms with E-state index in [0.717, 1.165) is 12.8 Å². The number of hydrogen-bond acceptors (Lipinski definition) is 3. The molecule has 0 amide bonds. The highest BCUT2D eigenvalue weighted by Gasteiger charge is 2.28. The number of carbonyl (C=O) groups is 1. The van der Waals surface area contributed by atoms with Crippen LogP contribution in [-0.4, -0.2) is 25.8 Å². The number of aliphatic hydroxyl groups is 1. The highest BCUT2D eigenvalue weighted by atomic mass is 28.3. The average molecular weight is 296 g/mol. The first-order chi connectivity index (χ1) is 9.24. The predicted octanol–water partition coefficient (Wildman–Crippen LogP) is 4.38. The highest BCUT2D eigenvalue weighted by Crippen LogP contribution is 2.34. The molecule has 1 unspecified atom stereocenters. The molecular weight excluding hydrogens is 268 g/mol. The second-order valence-electron chi connectivity index (χ2n) is 6.78. The van der Waals surface area contributed by atoms with Crippen molar-refractivity contribution < 1.29 is 14.6 Å². The van der Waals surface area contributed by atoms with Gasteiger partial charge >= 0.3 is 5.97 Å². The molecule has 0 aromatic rings. The van der Waals surface area contributed by atoms with Crippen LogP contribution in [0.25, 0.3) is 0 Å². The van der Waals surface area contributed by atoms with E-state index in [-0.39, 0.29) is 11.7 Å². The summed E-state index contributed by atoms with van der Waals surface area (Å²) in [4.78, 5) is 12.0. The third-order valence-electron chi connectivity index (χ3n) is 3.46. The molecule has 0 aromatic carbocycles. The zero-order chi connectivity index (χ0) is 15.3. The van der Waals surface area contributed by atoms with Gasteiger partial charge in [0.25, 0.3) is 0 Å². The van der Waals surface area contributed by atoms with Crippen molar-refractivity contribution in [3.8, 4) is 0 Å². The van der Waals surface area contributed by atoms with Crippen molar-refractivity contribution in [2.45, 2.75) is 59.2 Å². The summed E-state index contributed by atoms with van der Waals surface area (Å²) in [6, 6.07) is 0. The molecule has 0 aliphatic heterocycles. The Balaban J connectivity index is 2.83. The fourth-order valence-corrected chi connectivity index (χ4v) is 3.86. The monoisotopic (exact) mass is 296 g/mol. The van der Waals surface area contributed by atoms with Gasteiger partial charge in [0.15, 0.2) is 0 Å². The first-order valence-corrected chi connectivity index (χ1v) is 11.1. The van der Waals surface area contributed by atoms with Crippen LogP contribution in [0, 0.1) is 5.92 Å². The number of hydrogen-bond donors (Lipinski definition) is 1.